The second kappa shape index (κ2) is 7.38. The fourth-order valence-corrected chi connectivity index (χ4v) is 1.83. The molecule has 4 nitrogen and oxygen atoms in total. The minimum Gasteiger partial charge on any atom is -0.393 e. The lowest BCUT2D eigenvalue weighted by molar-refractivity contribution is 0.160. The number of hydrogen-bond acceptors (Lipinski definition) is 2. The molecule has 0 aliphatic rings. The van der Waals surface area contributed by atoms with E-state index in [9.17, 15) is 9.90 Å². The second-order valence-corrected chi connectivity index (χ2v) is 4.96. The van der Waals surface area contributed by atoms with Crippen LogP contribution in [0, 0.1) is 6.92 Å². The van der Waals surface area contributed by atoms with Gasteiger partial charge in [-0.1, -0.05) is 19.1 Å². The Kier molecular flexibility index (Phi) is 6.15. The van der Waals surface area contributed by atoms with Crippen LogP contribution in [0.4, 0.5) is 10.5 Å². The van der Waals surface area contributed by atoms with Gasteiger partial charge in [0.2, 0.25) is 0 Å². The first-order valence-corrected chi connectivity index (χ1v) is 6.82. The van der Waals surface area contributed by atoms with Gasteiger partial charge >= 0.3 is 6.03 Å². The Morgan fingerprint density at radius 2 is 2.22 bits per heavy atom. The molecule has 0 bridgehead atoms. The minimum atomic E-state index is -0.351. The van der Waals surface area contributed by atoms with Crippen molar-refractivity contribution in [3.8, 4) is 0 Å². The maximum Gasteiger partial charge on any atom is 0.319 e. The molecular weight excluding hydrogens is 296 g/mol. The molecule has 0 unspecified atom stereocenters. The van der Waals surface area contributed by atoms with Gasteiger partial charge in [-0.3, -0.25) is 0 Å². The van der Waals surface area contributed by atoms with Crippen molar-refractivity contribution in [1.29, 1.82) is 0 Å². The number of aliphatic hydroxyl groups excluding tert-OH is 1. The van der Waals surface area contributed by atoms with Gasteiger partial charge in [-0.2, -0.15) is 0 Å². The molecule has 1 aromatic rings. The molecule has 3 N–H and O–H groups in total. The third kappa shape index (κ3) is 4.66. The Labute approximate surface area is 116 Å². The van der Waals surface area contributed by atoms with Gasteiger partial charge in [0.25, 0.3) is 0 Å². The fourth-order valence-electron chi connectivity index (χ4n) is 1.47. The molecule has 18 heavy (non-hydrogen) atoms. The molecule has 0 spiro atoms. The fraction of sp³-hybridized carbons (Fsp3) is 0.462. The highest BCUT2D eigenvalue weighted by molar-refractivity contribution is 9.10. The summed E-state index contributed by atoms with van der Waals surface area (Å²) in [5.41, 5.74) is 1.80. The van der Waals surface area contributed by atoms with Crippen molar-refractivity contribution in [2.24, 2.45) is 0 Å². The summed E-state index contributed by atoms with van der Waals surface area (Å²) in [5, 5.41) is 14.8. The quantitative estimate of drug-likeness (QED) is 0.782. The predicted octanol–water partition coefficient (Wildman–Crippen LogP) is 3.04. The summed E-state index contributed by atoms with van der Waals surface area (Å²) >= 11 is 3.43. The van der Waals surface area contributed by atoms with Gasteiger partial charge in [-0.05, 0) is 47.3 Å². The predicted molar refractivity (Wildman–Crippen MR) is 76.8 cm³/mol. The molecule has 1 rings (SSSR count). The largest absolute Gasteiger partial charge is 0.393 e. The second-order valence-electron chi connectivity index (χ2n) is 4.17. The third-order valence-electron chi connectivity index (χ3n) is 2.67. The zero-order valence-electron chi connectivity index (χ0n) is 10.7. The maximum absolute atomic E-state index is 11.6. The van der Waals surface area contributed by atoms with E-state index in [1.54, 1.807) is 0 Å². The molecular formula is C13H19BrN2O2. The van der Waals surface area contributed by atoms with Crippen LogP contribution in [0.3, 0.4) is 0 Å². The van der Waals surface area contributed by atoms with Crippen LogP contribution in [0.2, 0.25) is 0 Å². The van der Waals surface area contributed by atoms with Crippen LogP contribution in [0.5, 0.6) is 0 Å². The summed E-state index contributed by atoms with van der Waals surface area (Å²) < 4.78 is 0.883. The minimum absolute atomic E-state index is 0.260. The standard InChI is InChI=1S/C13H19BrN2O2/c1-3-10(17)7-8-15-13(18)16-11-6-4-5-9(2)12(11)14/h4-6,10,17H,3,7-8H2,1-2H3,(H2,15,16,18)/t10-/m1/s1. The molecule has 2 amide bonds. The first-order chi connectivity index (χ1) is 8.54. The number of carbonyl (C=O) groups is 1. The molecule has 0 saturated heterocycles. The number of halogens is 1. The summed E-state index contributed by atoms with van der Waals surface area (Å²) in [7, 11) is 0. The smallest absolute Gasteiger partial charge is 0.319 e. The number of carbonyl (C=O) groups excluding carboxylic acids is 1. The van der Waals surface area contributed by atoms with Crippen molar-refractivity contribution >= 4 is 27.6 Å². The topological polar surface area (TPSA) is 61.4 Å². The molecule has 0 aromatic heterocycles. The summed E-state index contributed by atoms with van der Waals surface area (Å²) in [5.74, 6) is 0. The van der Waals surface area contributed by atoms with E-state index in [0.29, 0.717) is 19.4 Å². The lowest BCUT2D eigenvalue weighted by Gasteiger charge is -2.11. The molecule has 0 fully saturated rings. The Hall–Kier alpha value is -1.07. The molecule has 1 aromatic carbocycles. The number of rotatable bonds is 5. The zero-order chi connectivity index (χ0) is 13.5. The van der Waals surface area contributed by atoms with Crippen LogP contribution in [-0.4, -0.2) is 23.8 Å². The van der Waals surface area contributed by atoms with Gasteiger partial charge in [-0.25, -0.2) is 4.79 Å². The summed E-state index contributed by atoms with van der Waals surface area (Å²) in [6, 6.07) is 5.42. The van der Waals surface area contributed by atoms with Crippen LogP contribution in [0.25, 0.3) is 0 Å². The molecule has 0 radical (unpaired) electrons. The molecule has 0 heterocycles. The van der Waals surface area contributed by atoms with E-state index in [1.165, 1.54) is 0 Å². The normalized spacial score (nSPS) is 12.0. The third-order valence-corrected chi connectivity index (χ3v) is 3.73. The molecule has 1 atom stereocenters. The lowest BCUT2D eigenvalue weighted by Crippen LogP contribution is -2.31. The molecule has 0 aliphatic carbocycles. The van der Waals surface area contributed by atoms with E-state index in [1.807, 2.05) is 32.0 Å². The first kappa shape index (κ1) is 15.0. The summed E-state index contributed by atoms with van der Waals surface area (Å²) in [6.07, 6.45) is 0.919. The van der Waals surface area contributed by atoms with Crippen molar-refractivity contribution < 1.29 is 9.90 Å². The molecule has 0 saturated carbocycles. The van der Waals surface area contributed by atoms with Gasteiger partial charge < -0.3 is 15.7 Å². The van der Waals surface area contributed by atoms with E-state index >= 15 is 0 Å². The lowest BCUT2D eigenvalue weighted by atomic mass is 10.2. The van der Waals surface area contributed by atoms with Crippen molar-refractivity contribution in [3.05, 3.63) is 28.2 Å². The number of anilines is 1. The SMILES string of the molecule is CC[C@@H](O)CCNC(=O)Nc1cccc(C)c1Br. The van der Waals surface area contributed by atoms with E-state index in [4.69, 9.17) is 0 Å². The number of benzene rings is 1. The Morgan fingerprint density at radius 3 is 2.89 bits per heavy atom. The average Bonchev–Trinajstić information content (AvgIpc) is 2.34. The Morgan fingerprint density at radius 1 is 1.50 bits per heavy atom. The van der Waals surface area contributed by atoms with Gasteiger partial charge in [-0.15, -0.1) is 0 Å². The van der Waals surface area contributed by atoms with E-state index in [2.05, 4.69) is 26.6 Å². The Balaban J connectivity index is 2.43. The average molecular weight is 315 g/mol. The zero-order valence-corrected chi connectivity index (χ0v) is 12.3. The van der Waals surface area contributed by atoms with E-state index < -0.39 is 0 Å². The molecule has 100 valence electrons. The molecule has 5 heteroatoms. The highest BCUT2D eigenvalue weighted by atomic mass is 79.9. The van der Waals surface area contributed by atoms with Gasteiger partial charge in [0.05, 0.1) is 11.8 Å². The number of hydrogen-bond donors (Lipinski definition) is 3. The van der Waals surface area contributed by atoms with Crippen molar-refractivity contribution in [2.45, 2.75) is 32.8 Å². The number of aryl methyl sites for hydroxylation is 1. The summed E-state index contributed by atoms with van der Waals surface area (Å²) in [4.78, 5) is 11.6. The number of amides is 2. The Bertz CT molecular complexity index is 410. The van der Waals surface area contributed by atoms with Crippen LogP contribution in [0.1, 0.15) is 25.3 Å². The van der Waals surface area contributed by atoms with Crippen molar-refractivity contribution in [3.63, 3.8) is 0 Å². The number of urea groups is 1. The number of aliphatic hydroxyl groups is 1. The van der Waals surface area contributed by atoms with Gasteiger partial charge in [0.15, 0.2) is 0 Å². The number of nitrogens with one attached hydrogen (secondary N) is 2. The van der Waals surface area contributed by atoms with Crippen molar-refractivity contribution in [1.82, 2.24) is 5.32 Å². The van der Waals surface area contributed by atoms with E-state index in [0.717, 1.165) is 15.7 Å². The van der Waals surface area contributed by atoms with Gasteiger partial charge in [0.1, 0.15) is 0 Å². The van der Waals surface area contributed by atoms with Crippen molar-refractivity contribution in [2.75, 3.05) is 11.9 Å². The van der Waals surface area contributed by atoms with Crippen LogP contribution in [-0.2, 0) is 0 Å². The maximum atomic E-state index is 11.6. The monoisotopic (exact) mass is 314 g/mol. The highest BCUT2D eigenvalue weighted by Gasteiger charge is 2.07. The van der Waals surface area contributed by atoms with E-state index in [-0.39, 0.29) is 12.1 Å². The van der Waals surface area contributed by atoms with Gasteiger partial charge in [0, 0.05) is 11.0 Å². The van der Waals surface area contributed by atoms with Crippen LogP contribution in [0.15, 0.2) is 22.7 Å². The molecule has 0 aliphatic heterocycles. The van der Waals surface area contributed by atoms with Crippen LogP contribution >= 0.6 is 15.9 Å². The first-order valence-electron chi connectivity index (χ1n) is 6.02. The highest BCUT2D eigenvalue weighted by Crippen LogP contribution is 2.25. The van der Waals surface area contributed by atoms with Crippen LogP contribution < -0.4 is 10.6 Å². The summed E-state index contributed by atoms with van der Waals surface area (Å²) in [6.45, 7) is 4.34.